The fourth-order valence-corrected chi connectivity index (χ4v) is 3.26. The van der Waals surface area contributed by atoms with Gasteiger partial charge in [-0.2, -0.15) is 0 Å². The lowest BCUT2D eigenvalue weighted by Crippen LogP contribution is -2.46. The monoisotopic (exact) mass is 344 g/mol. The Bertz CT molecular complexity index is 739. The molecule has 6 nitrogen and oxygen atoms in total. The molecule has 25 heavy (non-hydrogen) atoms. The second-order valence-electron chi connectivity index (χ2n) is 7.51. The van der Waals surface area contributed by atoms with Crippen LogP contribution in [0.15, 0.2) is 18.2 Å². The zero-order valence-electron chi connectivity index (χ0n) is 15.1. The van der Waals surface area contributed by atoms with Gasteiger partial charge in [0.25, 0.3) is 5.91 Å². The molecule has 1 unspecified atom stereocenters. The summed E-state index contributed by atoms with van der Waals surface area (Å²) in [6, 6.07) is 5.10. The maximum Gasteiger partial charge on any atom is 0.331 e. The maximum absolute atomic E-state index is 12.5. The van der Waals surface area contributed by atoms with Crippen molar-refractivity contribution in [3.8, 4) is 5.75 Å². The third kappa shape index (κ3) is 3.38. The standard InChI is InChI=1S/C19H24N2O4/c1-11(2)13-7-12(3)8-15(9-13)25-16(22)10-21-17(23)19(4,14-5-6-14)20-18(21)24/h7-9,11,14H,5-6,10H2,1-4H3,(H,20,24). The number of aryl methyl sites for hydroxylation is 1. The summed E-state index contributed by atoms with van der Waals surface area (Å²) in [6.45, 7) is 7.41. The van der Waals surface area contributed by atoms with Crippen molar-refractivity contribution in [2.24, 2.45) is 5.92 Å². The average Bonchev–Trinajstić information content (AvgIpc) is 3.33. The summed E-state index contributed by atoms with van der Waals surface area (Å²) in [5.74, 6) is -0.0588. The molecule has 0 spiro atoms. The number of urea groups is 1. The molecule has 6 heteroatoms. The number of amides is 3. The summed E-state index contributed by atoms with van der Waals surface area (Å²) >= 11 is 0. The van der Waals surface area contributed by atoms with E-state index in [1.54, 1.807) is 13.0 Å². The number of ether oxygens (including phenoxy) is 1. The molecule has 1 atom stereocenters. The molecule has 1 saturated carbocycles. The van der Waals surface area contributed by atoms with Crippen molar-refractivity contribution >= 4 is 17.9 Å². The molecule has 0 bridgehead atoms. The molecule has 1 aliphatic carbocycles. The van der Waals surface area contributed by atoms with Crippen molar-refractivity contribution in [2.45, 2.75) is 52.0 Å². The highest BCUT2D eigenvalue weighted by Crippen LogP contribution is 2.42. The lowest BCUT2D eigenvalue weighted by Gasteiger charge is -2.20. The fourth-order valence-electron chi connectivity index (χ4n) is 3.26. The molecular weight excluding hydrogens is 320 g/mol. The van der Waals surface area contributed by atoms with E-state index in [1.165, 1.54) is 0 Å². The van der Waals surface area contributed by atoms with Gasteiger partial charge < -0.3 is 10.1 Å². The smallest absolute Gasteiger partial charge is 0.331 e. The molecule has 1 aromatic carbocycles. The average molecular weight is 344 g/mol. The lowest BCUT2D eigenvalue weighted by atomic mass is 9.96. The zero-order chi connectivity index (χ0) is 18.4. The van der Waals surface area contributed by atoms with Gasteiger partial charge in [0.05, 0.1) is 0 Å². The Hall–Kier alpha value is -2.37. The molecule has 1 heterocycles. The van der Waals surface area contributed by atoms with E-state index in [2.05, 4.69) is 19.2 Å². The fraction of sp³-hybridized carbons (Fsp3) is 0.526. The van der Waals surface area contributed by atoms with Crippen LogP contribution < -0.4 is 10.1 Å². The molecule has 0 radical (unpaired) electrons. The van der Waals surface area contributed by atoms with Crippen molar-refractivity contribution in [1.82, 2.24) is 10.2 Å². The maximum atomic E-state index is 12.5. The number of hydrogen-bond donors (Lipinski definition) is 1. The first-order valence-electron chi connectivity index (χ1n) is 8.67. The number of benzene rings is 1. The van der Waals surface area contributed by atoms with Crippen LogP contribution in [0.2, 0.25) is 0 Å². The van der Waals surface area contributed by atoms with Gasteiger partial charge in [-0.3, -0.25) is 9.69 Å². The second kappa shape index (κ2) is 6.17. The van der Waals surface area contributed by atoms with Crippen molar-refractivity contribution in [3.63, 3.8) is 0 Å². The highest BCUT2D eigenvalue weighted by Gasteiger charge is 2.56. The van der Waals surface area contributed by atoms with E-state index >= 15 is 0 Å². The molecule has 2 fully saturated rings. The zero-order valence-corrected chi connectivity index (χ0v) is 15.1. The van der Waals surface area contributed by atoms with Crippen LogP contribution in [0.4, 0.5) is 4.79 Å². The molecule has 1 aliphatic heterocycles. The van der Waals surface area contributed by atoms with Gasteiger partial charge in [-0.1, -0.05) is 19.9 Å². The number of esters is 1. The summed E-state index contributed by atoms with van der Waals surface area (Å²) in [6.07, 6.45) is 1.84. The second-order valence-corrected chi connectivity index (χ2v) is 7.51. The van der Waals surface area contributed by atoms with Crippen LogP contribution in [0.3, 0.4) is 0 Å². The van der Waals surface area contributed by atoms with Crippen LogP contribution in [0, 0.1) is 12.8 Å². The van der Waals surface area contributed by atoms with Gasteiger partial charge in [0, 0.05) is 0 Å². The van der Waals surface area contributed by atoms with Crippen molar-refractivity contribution in [3.05, 3.63) is 29.3 Å². The molecule has 3 amide bonds. The van der Waals surface area contributed by atoms with Gasteiger partial charge in [-0.15, -0.1) is 0 Å². The van der Waals surface area contributed by atoms with Crippen LogP contribution >= 0.6 is 0 Å². The van der Waals surface area contributed by atoms with Gasteiger partial charge in [-0.25, -0.2) is 9.59 Å². The van der Waals surface area contributed by atoms with Crippen molar-refractivity contribution in [1.29, 1.82) is 0 Å². The predicted molar refractivity (Wildman–Crippen MR) is 92.3 cm³/mol. The van der Waals surface area contributed by atoms with E-state index in [0.717, 1.165) is 28.9 Å². The number of imide groups is 1. The number of hydrogen-bond acceptors (Lipinski definition) is 4. The minimum atomic E-state index is -0.883. The van der Waals surface area contributed by atoms with Crippen molar-refractivity contribution in [2.75, 3.05) is 6.54 Å². The van der Waals surface area contributed by atoms with Crippen molar-refractivity contribution < 1.29 is 19.1 Å². The van der Waals surface area contributed by atoms with Gasteiger partial charge in [0.15, 0.2) is 0 Å². The Labute approximate surface area is 147 Å². The van der Waals surface area contributed by atoms with Crippen LogP contribution in [-0.4, -0.2) is 34.9 Å². The van der Waals surface area contributed by atoms with Gasteiger partial charge in [0.2, 0.25) is 0 Å². The van der Waals surface area contributed by atoms with Crippen LogP contribution in [0.1, 0.15) is 50.7 Å². The quantitative estimate of drug-likeness (QED) is 0.506. The number of carbonyl (C=O) groups excluding carboxylic acids is 3. The Morgan fingerprint density at radius 3 is 2.60 bits per heavy atom. The summed E-state index contributed by atoms with van der Waals surface area (Å²) in [4.78, 5) is 37.9. The number of carbonyl (C=O) groups is 3. The minimum Gasteiger partial charge on any atom is -0.425 e. The third-order valence-corrected chi connectivity index (χ3v) is 4.95. The van der Waals surface area contributed by atoms with Gasteiger partial charge in [-0.05, 0) is 61.8 Å². The van der Waals surface area contributed by atoms with Crippen LogP contribution in [0.5, 0.6) is 5.75 Å². The number of nitrogens with one attached hydrogen (secondary N) is 1. The topological polar surface area (TPSA) is 75.7 Å². The number of rotatable bonds is 5. The summed E-state index contributed by atoms with van der Waals surface area (Å²) in [5.41, 5.74) is 1.18. The summed E-state index contributed by atoms with van der Waals surface area (Å²) in [7, 11) is 0. The molecule has 1 aromatic rings. The normalized spacial score (nSPS) is 23.2. The molecule has 0 aromatic heterocycles. The number of nitrogens with zero attached hydrogens (tertiary/aromatic N) is 1. The van der Waals surface area contributed by atoms with E-state index in [-0.39, 0.29) is 18.4 Å². The minimum absolute atomic E-state index is 0.162. The Morgan fingerprint density at radius 1 is 1.32 bits per heavy atom. The molecule has 3 rings (SSSR count). The molecule has 134 valence electrons. The van der Waals surface area contributed by atoms with E-state index in [4.69, 9.17) is 4.74 Å². The first-order valence-corrected chi connectivity index (χ1v) is 8.67. The lowest BCUT2D eigenvalue weighted by molar-refractivity contribution is -0.141. The molecule has 2 aliphatic rings. The Balaban J connectivity index is 1.69. The highest BCUT2D eigenvalue weighted by atomic mass is 16.5. The van der Waals surface area contributed by atoms with Crippen LogP contribution in [0.25, 0.3) is 0 Å². The molecule has 1 saturated heterocycles. The van der Waals surface area contributed by atoms with E-state index < -0.39 is 17.5 Å². The first kappa shape index (κ1) is 17.5. The largest absolute Gasteiger partial charge is 0.425 e. The van der Waals surface area contributed by atoms with Gasteiger partial charge >= 0.3 is 12.0 Å². The van der Waals surface area contributed by atoms with E-state index in [9.17, 15) is 14.4 Å². The predicted octanol–water partition coefficient (Wildman–Crippen LogP) is 2.74. The first-order chi connectivity index (χ1) is 11.7. The SMILES string of the molecule is Cc1cc(OC(=O)CN2C(=O)NC(C)(C3CC3)C2=O)cc(C(C)C)c1. The van der Waals surface area contributed by atoms with Gasteiger partial charge in [0.1, 0.15) is 17.8 Å². The van der Waals surface area contributed by atoms with Crippen LogP contribution in [-0.2, 0) is 9.59 Å². The molecule has 1 N–H and O–H groups in total. The van der Waals surface area contributed by atoms with E-state index in [0.29, 0.717) is 11.7 Å². The molecular formula is C19H24N2O4. The summed E-state index contributed by atoms with van der Waals surface area (Å²) in [5, 5.41) is 2.72. The Morgan fingerprint density at radius 2 is 2.00 bits per heavy atom. The summed E-state index contributed by atoms with van der Waals surface area (Å²) < 4.78 is 5.38. The van der Waals surface area contributed by atoms with E-state index in [1.807, 2.05) is 19.1 Å². The third-order valence-electron chi connectivity index (χ3n) is 4.95. The Kier molecular flexibility index (Phi) is 4.31. The highest BCUT2D eigenvalue weighted by molar-refractivity contribution is 6.08.